The third-order valence-electron chi connectivity index (χ3n) is 1.52. The topological polar surface area (TPSA) is 81.4 Å². The van der Waals surface area contributed by atoms with Gasteiger partial charge >= 0.3 is 5.97 Å². The Kier molecular flexibility index (Phi) is 3.19. The van der Waals surface area contributed by atoms with Crippen molar-refractivity contribution in [1.29, 1.82) is 0 Å². The molecule has 0 bridgehead atoms. The van der Waals surface area contributed by atoms with Gasteiger partial charge in [0, 0.05) is 6.92 Å². The van der Waals surface area contributed by atoms with Crippen LogP contribution in [0.4, 0.5) is 0 Å². The normalized spacial score (nSPS) is 9.29. The van der Waals surface area contributed by atoms with Crippen molar-refractivity contribution in [2.24, 2.45) is 5.84 Å². The van der Waals surface area contributed by atoms with E-state index in [9.17, 15) is 9.59 Å². The van der Waals surface area contributed by atoms with Gasteiger partial charge in [0.1, 0.15) is 5.75 Å². The molecular weight excluding hydrogens is 184 g/mol. The largest absolute Gasteiger partial charge is 0.426 e. The van der Waals surface area contributed by atoms with Crippen molar-refractivity contribution >= 4 is 11.9 Å². The lowest BCUT2D eigenvalue weighted by Gasteiger charge is -2.06. The number of carbonyl (C=O) groups excluding carboxylic acids is 2. The smallest absolute Gasteiger partial charge is 0.308 e. The lowest BCUT2D eigenvalue weighted by atomic mass is 10.2. The van der Waals surface area contributed by atoms with Gasteiger partial charge in [-0.3, -0.25) is 15.0 Å². The Labute approximate surface area is 80.8 Å². The van der Waals surface area contributed by atoms with Gasteiger partial charge in [-0.15, -0.1) is 0 Å². The van der Waals surface area contributed by atoms with Crippen LogP contribution in [0, 0.1) is 0 Å². The van der Waals surface area contributed by atoms with Gasteiger partial charge in [0.15, 0.2) is 0 Å². The van der Waals surface area contributed by atoms with Crippen molar-refractivity contribution in [1.82, 2.24) is 5.43 Å². The molecule has 0 aliphatic carbocycles. The number of esters is 1. The number of carbonyl (C=O) groups is 2. The summed E-state index contributed by atoms with van der Waals surface area (Å²) in [6, 6.07) is 6.34. The Bertz CT molecular complexity index is 363. The molecule has 0 aromatic heterocycles. The lowest BCUT2D eigenvalue weighted by Crippen LogP contribution is -2.30. The molecule has 0 saturated carbocycles. The van der Waals surface area contributed by atoms with Gasteiger partial charge in [-0.1, -0.05) is 12.1 Å². The molecule has 0 aliphatic heterocycles. The molecule has 0 fully saturated rings. The number of nitrogens with two attached hydrogens (primary N) is 1. The van der Waals surface area contributed by atoms with Gasteiger partial charge in [-0.05, 0) is 12.1 Å². The SMILES string of the molecule is CC(=O)Oc1ccccc1C(=O)NN. The molecule has 1 rings (SSSR count). The summed E-state index contributed by atoms with van der Waals surface area (Å²) in [6.45, 7) is 1.26. The average molecular weight is 194 g/mol. The van der Waals surface area contributed by atoms with Crippen molar-refractivity contribution in [2.45, 2.75) is 6.92 Å². The minimum atomic E-state index is -0.498. The summed E-state index contributed by atoms with van der Waals surface area (Å²) in [5, 5.41) is 0. The summed E-state index contributed by atoms with van der Waals surface area (Å²) in [6.07, 6.45) is 0. The van der Waals surface area contributed by atoms with Crippen LogP contribution in [0.5, 0.6) is 5.75 Å². The molecule has 0 saturated heterocycles. The van der Waals surface area contributed by atoms with Crippen molar-refractivity contribution in [3.05, 3.63) is 29.8 Å². The highest BCUT2D eigenvalue weighted by Crippen LogP contribution is 2.17. The first kappa shape index (κ1) is 10.2. The Hall–Kier alpha value is -1.88. The number of hydrogen-bond donors (Lipinski definition) is 2. The van der Waals surface area contributed by atoms with E-state index in [0.717, 1.165) is 0 Å². The van der Waals surface area contributed by atoms with Crippen molar-refractivity contribution in [3.63, 3.8) is 0 Å². The number of hydrogen-bond acceptors (Lipinski definition) is 4. The van der Waals surface area contributed by atoms with Gasteiger partial charge in [0.2, 0.25) is 0 Å². The van der Waals surface area contributed by atoms with Crippen LogP contribution in [0.3, 0.4) is 0 Å². The molecule has 5 heteroatoms. The minimum Gasteiger partial charge on any atom is -0.426 e. The number of para-hydroxylation sites is 1. The zero-order chi connectivity index (χ0) is 10.6. The van der Waals surface area contributed by atoms with Crippen molar-refractivity contribution in [3.8, 4) is 5.75 Å². The minimum absolute atomic E-state index is 0.197. The Balaban J connectivity index is 3.02. The number of ether oxygens (including phenoxy) is 1. The second kappa shape index (κ2) is 4.38. The summed E-state index contributed by atoms with van der Waals surface area (Å²) in [5.41, 5.74) is 2.19. The third kappa shape index (κ3) is 2.30. The fourth-order valence-electron chi connectivity index (χ4n) is 0.976. The molecule has 0 atom stereocenters. The van der Waals surface area contributed by atoms with Crippen molar-refractivity contribution in [2.75, 3.05) is 0 Å². The van der Waals surface area contributed by atoms with E-state index < -0.39 is 11.9 Å². The zero-order valence-corrected chi connectivity index (χ0v) is 7.61. The number of benzene rings is 1. The van der Waals surface area contributed by atoms with Crippen LogP contribution in [0.2, 0.25) is 0 Å². The highest BCUT2D eigenvalue weighted by molar-refractivity contribution is 5.97. The van der Waals surface area contributed by atoms with Crippen LogP contribution < -0.4 is 16.0 Å². The van der Waals surface area contributed by atoms with E-state index in [2.05, 4.69) is 0 Å². The van der Waals surface area contributed by atoms with Crippen LogP contribution in [0.15, 0.2) is 24.3 Å². The van der Waals surface area contributed by atoms with Crippen LogP contribution in [-0.2, 0) is 4.79 Å². The lowest BCUT2D eigenvalue weighted by molar-refractivity contribution is -0.131. The van der Waals surface area contributed by atoms with E-state index in [1.165, 1.54) is 19.1 Å². The van der Waals surface area contributed by atoms with E-state index in [-0.39, 0.29) is 11.3 Å². The quantitative estimate of drug-likeness (QED) is 0.232. The summed E-state index contributed by atoms with van der Waals surface area (Å²) < 4.78 is 4.81. The van der Waals surface area contributed by atoms with E-state index >= 15 is 0 Å². The maximum atomic E-state index is 11.2. The molecule has 0 spiro atoms. The van der Waals surface area contributed by atoms with Gasteiger partial charge in [-0.25, -0.2) is 5.84 Å². The highest BCUT2D eigenvalue weighted by Gasteiger charge is 2.11. The maximum absolute atomic E-state index is 11.2. The molecule has 14 heavy (non-hydrogen) atoms. The first-order valence-electron chi connectivity index (χ1n) is 3.93. The van der Waals surface area contributed by atoms with E-state index in [0.29, 0.717) is 0 Å². The number of rotatable bonds is 2. The highest BCUT2D eigenvalue weighted by atomic mass is 16.5. The summed E-state index contributed by atoms with van der Waals surface area (Å²) >= 11 is 0. The predicted octanol–water partition coefficient (Wildman–Crippen LogP) is 0.215. The fourth-order valence-corrected chi connectivity index (χ4v) is 0.976. The third-order valence-corrected chi connectivity index (χ3v) is 1.52. The zero-order valence-electron chi connectivity index (χ0n) is 7.61. The summed E-state index contributed by atoms with van der Waals surface area (Å²) in [4.78, 5) is 21.9. The van der Waals surface area contributed by atoms with Gasteiger partial charge in [0.05, 0.1) is 5.56 Å². The molecule has 74 valence electrons. The molecule has 0 unspecified atom stereocenters. The monoisotopic (exact) mass is 194 g/mol. The second-order valence-corrected chi connectivity index (χ2v) is 2.56. The molecule has 1 amide bonds. The van der Waals surface area contributed by atoms with Crippen molar-refractivity contribution < 1.29 is 14.3 Å². The molecule has 0 aliphatic rings. The van der Waals surface area contributed by atoms with Crippen LogP contribution in [0.25, 0.3) is 0 Å². The number of hydrazine groups is 1. The van der Waals surface area contributed by atoms with Crippen LogP contribution in [-0.4, -0.2) is 11.9 Å². The molecule has 0 radical (unpaired) electrons. The van der Waals surface area contributed by atoms with E-state index in [4.69, 9.17) is 10.6 Å². The predicted molar refractivity (Wildman–Crippen MR) is 49.4 cm³/mol. The standard InChI is InChI=1S/C9H10N2O3/c1-6(12)14-8-5-3-2-4-7(8)9(13)11-10/h2-5H,10H2,1H3,(H,11,13). The van der Waals surface area contributed by atoms with Crippen LogP contribution in [0.1, 0.15) is 17.3 Å². The Morgan fingerprint density at radius 2 is 2.00 bits per heavy atom. The van der Waals surface area contributed by atoms with Gasteiger partial charge < -0.3 is 4.74 Å². The summed E-state index contributed by atoms with van der Waals surface area (Å²) in [5.74, 6) is 4.18. The molecular formula is C9H10N2O3. The molecule has 1 aromatic carbocycles. The Morgan fingerprint density at radius 3 is 2.57 bits per heavy atom. The first-order valence-corrected chi connectivity index (χ1v) is 3.93. The maximum Gasteiger partial charge on any atom is 0.308 e. The van der Waals surface area contributed by atoms with Crippen LogP contribution >= 0.6 is 0 Å². The molecule has 0 heterocycles. The Morgan fingerprint density at radius 1 is 1.36 bits per heavy atom. The number of nitrogens with one attached hydrogen (secondary N) is 1. The van der Waals surface area contributed by atoms with Gasteiger partial charge in [0.25, 0.3) is 5.91 Å². The summed E-state index contributed by atoms with van der Waals surface area (Å²) in [7, 11) is 0. The fraction of sp³-hybridized carbons (Fsp3) is 0.111. The molecule has 5 nitrogen and oxygen atoms in total. The molecule has 1 aromatic rings. The second-order valence-electron chi connectivity index (χ2n) is 2.56. The van der Waals surface area contributed by atoms with E-state index in [1.54, 1.807) is 12.1 Å². The first-order chi connectivity index (χ1) is 6.65. The van der Waals surface area contributed by atoms with Gasteiger partial charge in [-0.2, -0.15) is 0 Å². The van der Waals surface area contributed by atoms with E-state index in [1.807, 2.05) is 5.43 Å². The number of amides is 1. The average Bonchev–Trinajstić information content (AvgIpc) is 2.16. The molecule has 3 N–H and O–H groups in total. The number of nitrogen functional groups attached to an aromatic ring is 1.